The standard InChI is InChI=1S/C22H24N2O3/c1-27-20-7-8-21-17(14-20)13-19(24(21)18-5-3-2-4-6-18)15-23-11-9-16(10-12-23)22(25)26/h2-8,13-14,16H,9-12,15H2,1H3,(H,25,26). The number of para-hydroxylation sites is 1. The van der Waals surface area contributed by atoms with Gasteiger partial charge in [0.15, 0.2) is 0 Å². The van der Waals surface area contributed by atoms with Gasteiger partial charge in [-0.1, -0.05) is 18.2 Å². The molecule has 2 aromatic carbocycles. The first-order valence-electron chi connectivity index (χ1n) is 9.34. The molecule has 27 heavy (non-hydrogen) atoms. The Hall–Kier alpha value is -2.79. The summed E-state index contributed by atoms with van der Waals surface area (Å²) in [5.74, 6) is -0.0211. The van der Waals surface area contributed by atoms with E-state index in [2.05, 4.69) is 39.8 Å². The van der Waals surface area contributed by atoms with Crippen LogP contribution in [0.5, 0.6) is 5.75 Å². The van der Waals surface area contributed by atoms with Crippen LogP contribution >= 0.6 is 0 Å². The van der Waals surface area contributed by atoms with E-state index in [4.69, 9.17) is 4.74 Å². The van der Waals surface area contributed by atoms with Gasteiger partial charge < -0.3 is 14.4 Å². The number of benzene rings is 2. The van der Waals surface area contributed by atoms with Gasteiger partial charge in [-0.2, -0.15) is 0 Å². The van der Waals surface area contributed by atoms with Gasteiger partial charge in [0.25, 0.3) is 0 Å². The van der Waals surface area contributed by atoms with Crippen LogP contribution in [0, 0.1) is 5.92 Å². The second-order valence-corrected chi connectivity index (χ2v) is 7.12. The highest BCUT2D eigenvalue weighted by atomic mass is 16.5. The van der Waals surface area contributed by atoms with Gasteiger partial charge in [0.2, 0.25) is 0 Å². The number of hydrogen-bond donors (Lipinski definition) is 1. The first-order chi connectivity index (χ1) is 13.2. The average molecular weight is 364 g/mol. The molecule has 0 aliphatic carbocycles. The van der Waals surface area contributed by atoms with Crippen LogP contribution in [0.1, 0.15) is 18.5 Å². The molecule has 0 unspecified atom stereocenters. The number of carbonyl (C=O) groups is 1. The molecule has 0 amide bonds. The van der Waals surface area contributed by atoms with Crippen LogP contribution in [0.15, 0.2) is 54.6 Å². The third kappa shape index (κ3) is 3.55. The van der Waals surface area contributed by atoms with Crippen molar-refractivity contribution in [1.82, 2.24) is 9.47 Å². The molecule has 0 radical (unpaired) electrons. The number of aromatic nitrogens is 1. The van der Waals surface area contributed by atoms with Crippen molar-refractivity contribution in [3.05, 3.63) is 60.3 Å². The molecule has 0 spiro atoms. The molecule has 2 heterocycles. The number of aliphatic carboxylic acids is 1. The summed E-state index contributed by atoms with van der Waals surface area (Å²) in [7, 11) is 1.68. The molecule has 140 valence electrons. The molecule has 5 heteroatoms. The Bertz CT molecular complexity index is 941. The van der Waals surface area contributed by atoms with Gasteiger partial charge in [0.05, 0.1) is 18.5 Å². The number of likely N-dealkylation sites (tertiary alicyclic amines) is 1. The average Bonchev–Trinajstić information content (AvgIpc) is 3.05. The number of piperidine rings is 1. The number of carboxylic acids is 1. The predicted octanol–water partition coefficient (Wildman–Crippen LogP) is 3.94. The normalized spacial score (nSPS) is 15.9. The van der Waals surface area contributed by atoms with Crippen molar-refractivity contribution < 1.29 is 14.6 Å². The Balaban J connectivity index is 1.68. The smallest absolute Gasteiger partial charge is 0.306 e. The lowest BCUT2D eigenvalue weighted by Crippen LogP contribution is -2.36. The largest absolute Gasteiger partial charge is 0.497 e. The van der Waals surface area contributed by atoms with Crippen LogP contribution in [0.4, 0.5) is 0 Å². The summed E-state index contributed by atoms with van der Waals surface area (Å²) < 4.78 is 7.68. The molecule has 1 aliphatic heterocycles. The molecule has 3 aromatic rings. The third-order valence-electron chi connectivity index (χ3n) is 5.42. The molecule has 0 saturated carbocycles. The Morgan fingerprint density at radius 3 is 2.52 bits per heavy atom. The van der Waals surface area contributed by atoms with Crippen LogP contribution in [0.25, 0.3) is 16.6 Å². The van der Waals surface area contributed by atoms with E-state index >= 15 is 0 Å². The molecule has 1 N–H and O–H groups in total. The fraction of sp³-hybridized carbons (Fsp3) is 0.318. The summed E-state index contributed by atoms with van der Waals surface area (Å²) in [4.78, 5) is 13.6. The third-order valence-corrected chi connectivity index (χ3v) is 5.42. The first kappa shape index (κ1) is 17.6. The lowest BCUT2D eigenvalue weighted by molar-refractivity contribution is -0.143. The van der Waals surface area contributed by atoms with Crippen molar-refractivity contribution in [2.75, 3.05) is 20.2 Å². The van der Waals surface area contributed by atoms with Crippen molar-refractivity contribution in [1.29, 1.82) is 0 Å². The van der Waals surface area contributed by atoms with E-state index in [1.165, 1.54) is 5.69 Å². The number of hydrogen-bond acceptors (Lipinski definition) is 3. The Labute approximate surface area is 158 Å². The number of methoxy groups -OCH3 is 1. The van der Waals surface area contributed by atoms with Crippen LogP contribution in [-0.2, 0) is 11.3 Å². The topological polar surface area (TPSA) is 54.7 Å². The van der Waals surface area contributed by atoms with Gasteiger partial charge in [-0.25, -0.2) is 0 Å². The Kier molecular flexibility index (Phi) is 4.86. The van der Waals surface area contributed by atoms with Crippen molar-refractivity contribution in [2.24, 2.45) is 5.92 Å². The zero-order valence-electron chi connectivity index (χ0n) is 15.5. The van der Waals surface area contributed by atoms with E-state index in [0.717, 1.165) is 42.0 Å². The second kappa shape index (κ2) is 7.45. The molecule has 1 fully saturated rings. The SMILES string of the molecule is COc1ccc2c(c1)cc(CN1CCC(C(=O)O)CC1)n2-c1ccccc1. The quantitative estimate of drug-likeness (QED) is 0.745. The van der Waals surface area contributed by atoms with Crippen molar-refractivity contribution in [2.45, 2.75) is 19.4 Å². The summed E-state index contributed by atoms with van der Waals surface area (Å²) in [6, 6.07) is 18.7. The van der Waals surface area contributed by atoms with E-state index in [1.807, 2.05) is 24.3 Å². The lowest BCUT2D eigenvalue weighted by atomic mass is 9.97. The van der Waals surface area contributed by atoms with Crippen LogP contribution in [0.3, 0.4) is 0 Å². The Morgan fingerprint density at radius 2 is 1.85 bits per heavy atom. The van der Waals surface area contributed by atoms with Gasteiger partial charge in [-0.05, 0) is 62.3 Å². The molecule has 4 rings (SSSR count). The van der Waals surface area contributed by atoms with Crippen molar-refractivity contribution in [3.63, 3.8) is 0 Å². The molecule has 1 saturated heterocycles. The number of carboxylic acid groups (broad SMARTS) is 1. The van der Waals surface area contributed by atoms with E-state index in [-0.39, 0.29) is 5.92 Å². The summed E-state index contributed by atoms with van der Waals surface area (Å²) >= 11 is 0. The molecule has 0 bridgehead atoms. The molecular weight excluding hydrogens is 340 g/mol. The summed E-state index contributed by atoms with van der Waals surface area (Å²) in [6.07, 6.45) is 1.43. The molecule has 0 atom stereocenters. The van der Waals surface area contributed by atoms with Crippen LogP contribution < -0.4 is 4.74 Å². The first-order valence-corrected chi connectivity index (χ1v) is 9.34. The number of ether oxygens (including phenoxy) is 1. The van der Waals surface area contributed by atoms with Crippen molar-refractivity contribution >= 4 is 16.9 Å². The number of fused-ring (bicyclic) bond motifs is 1. The van der Waals surface area contributed by atoms with Gasteiger partial charge >= 0.3 is 5.97 Å². The highest BCUT2D eigenvalue weighted by Crippen LogP contribution is 2.29. The number of nitrogens with zero attached hydrogens (tertiary/aromatic N) is 2. The van der Waals surface area contributed by atoms with Crippen LogP contribution in [0.2, 0.25) is 0 Å². The second-order valence-electron chi connectivity index (χ2n) is 7.12. The molecule has 1 aromatic heterocycles. The minimum Gasteiger partial charge on any atom is -0.497 e. The summed E-state index contributed by atoms with van der Waals surface area (Å²) in [5, 5.41) is 10.4. The van der Waals surface area contributed by atoms with E-state index in [1.54, 1.807) is 7.11 Å². The summed E-state index contributed by atoms with van der Waals surface area (Å²) in [5.41, 5.74) is 3.49. The minimum atomic E-state index is -0.667. The maximum Gasteiger partial charge on any atom is 0.306 e. The Morgan fingerprint density at radius 1 is 1.11 bits per heavy atom. The molecule has 1 aliphatic rings. The van der Waals surface area contributed by atoms with Gasteiger partial charge in [-0.3, -0.25) is 9.69 Å². The maximum absolute atomic E-state index is 11.2. The highest BCUT2D eigenvalue weighted by molar-refractivity contribution is 5.84. The van der Waals surface area contributed by atoms with Gasteiger partial charge in [0.1, 0.15) is 5.75 Å². The molecular formula is C22H24N2O3. The minimum absolute atomic E-state index is 0.203. The highest BCUT2D eigenvalue weighted by Gasteiger charge is 2.25. The fourth-order valence-corrected chi connectivity index (χ4v) is 3.94. The van der Waals surface area contributed by atoms with E-state index in [9.17, 15) is 9.90 Å². The van der Waals surface area contributed by atoms with Gasteiger partial charge in [0, 0.05) is 23.3 Å². The monoisotopic (exact) mass is 364 g/mol. The van der Waals surface area contributed by atoms with Crippen molar-refractivity contribution in [3.8, 4) is 11.4 Å². The lowest BCUT2D eigenvalue weighted by Gasteiger charge is -2.30. The maximum atomic E-state index is 11.2. The van der Waals surface area contributed by atoms with E-state index < -0.39 is 5.97 Å². The summed E-state index contributed by atoms with van der Waals surface area (Å²) in [6.45, 7) is 2.44. The number of rotatable bonds is 5. The van der Waals surface area contributed by atoms with Gasteiger partial charge in [-0.15, -0.1) is 0 Å². The van der Waals surface area contributed by atoms with E-state index in [0.29, 0.717) is 12.8 Å². The molecule has 5 nitrogen and oxygen atoms in total. The zero-order valence-corrected chi connectivity index (χ0v) is 15.5. The van der Waals surface area contributed by atoms with Crippen LogP contribution in [-0.4, -0.2) is 40.7 Å². The zero-order chi connectivity index (χ0) is 18.8. The predicted molar refractivity (Wildman–Crippen MR) is 105 cm³/mol. The fourth-order valence-electron chi connectivity index (χ4n) is 3.94.